The summed E-state index contributed by atoms with van der Waals surface area (Å²) < 4.78 is 25.4. The number of anilines is 1. The van der Waals surface area contributed by atoms with Gasteiger partial charge in [-0.05, 0) is 19.9 Å². The van der Waals surface area contributed by atoms with E-state index in [9.17, 15) is 18.5 Å². The van der Waals surface area contributed by atoms with Crippen molar-refractivity contribution in [2.24, 2.45) is 0 Å². The molecule has 1 N–H and O–H groups in total. The fraction of sp³-hybridized carbons (Fsp3) is 0.333. The predicted octanol–water partition coefficient (Wildman–Crippen LogP) is 2.40. The Morgan fingerprint density at radius 2 is 2.00 bits per heavy atom. The minimum atomic E-state index is -3.51. The maximum atomic E-state index is 11.6. The number of benzene rings is 1. The quantitative estimate of drug-likeness (QED) is 0.676. The molecule has 0 aliphatic heterocycles. The zero-order chi connectivity index (χ0) is 13.2. The van der Waals surface area contributed by atoms with Crippen molar-refractivity contribution in [1.82, 2.24) is 0 Å². The first-order chi connectivity index (χ1) is 7.74. The molecular weight excluding hydrogens is 268 g/mol. The summed E-state index contributed by atoms with van der Waals surface area (Å²) in [6.45, 7) is 3.03. The van der Waals surface area contributed by atoms with Gasteiger partial charge in [0.25, 0.3) is 5.69 Å². The lowest BCUT2D eigenvalue weighted by Crippen LogP contribution is -2.22. The second kappa shape index (κ2) is 4.89. The first-order valence-electron chi connectivity index (χ1n) is 4.69. The van der Waals surface area contributed by atoms with Crippen molar-refractivity contribution in [1.29, 1.82) is 0 Å². The number of non-ortho nitro benzene ring substituents is 1. The van der Waals surface area contributed by atoms with Crippen LogP contribution in [0.3, 0.4) is 0 Å². The highest BCUT2D eigenvalue weighted by Gasteiger charge is 2.18. The summed E-state index contributed by atoms with van der Waals surface area (Å²) in [6, 6.07) is 3.55. The van der Waals surface area contributed by atoms with Crippen molar-refractivity contribution in [3.05, 3.63) is 33.3 Å². The van der Waals surface area contributed by atoms with Crippen LogP contribution in [0.1, 0.15) is 13.8 Å². The van der Waals surface area contributed by atoms with Crippen LogP contribution in [-0.4, -0.2) is 18.6 Å². The Kier molecular flexibility index (Phi) is 3.94. The predicted molar refractivity (Wildman–Crippen MR) is 65.8 cm³/mol. The SMILES string of the molecule is CC(C)S(=O)(=O)Nc1ccc([N+](=O)[O-])cc1Cl. The van der Waals surface area contributed by atoms with Gasteiger partial charge in [-0.15, -0.1) is 0 Å². The van der Waals surface area contributed by atoms with Gasteiger partial charge in [0.1, 0.15) is 0 Å². The number of hydrogen-bond donors (Lipinski definition) is 1. The van der Waals surface area contributed by atoms with Crippen LogP contribution in [0.2, 0.25) is 5.02 Å². The van der Waals surface area contributed by atoms with Crippen molar-refractivity contribution in [2.75, 3.05) is 4.72 Å². The molecule has 0 aliphatic rings. The van der Waals surface area contributed by atoms with E-state index in [0.29, 0.717) is 0 Å². The van der Waals surface area contributed by atoms with Crippen LogP contribution >= 0.6 is 11.6 Å². The molecule has 0 saturated heterocycles. The van der Waals surface area contributed by atoms with E-state index < -0.39 is 20.2 Å². The van der Waals surface area contributed by atoms with E-state index in [1.165, 1.54) is 26.0 Å². The number of nitro benzene ring substituents is 1. The number of hydrogen-bond acceptors (Lipinski definition) is 4. The summed E-state index contributed by atoms with van der Waals surface area (Å²) in [6.07, 6.45) is 0. The number of nitrogens with one attached hydrogen (secondary N) is 1. The second-order valence-electron chi connectivity index (χ2n) is 3.62. The van der Waals surface area contributed by atoms with Gasteiger partial charge in [-0.25, -0.2) is 8.42 Å². The van der Waals surface area contributed by atoms with Crippen LogP contribution in [0, 0.1) is 10.1 Å². The highest BCUT2D eigenvalue weighted by atomic mass is 35.5. The van der Waals surface area contributed by atoms with Gasteiger partial charge in [0.15, 0.2) is 0 Å². The normalized spacial score (nSPS) is 11.5. The molecular formula is C9H11ClN2O4S. The average molecular weight is 279 g/mol. The number of halogens is 1. The van der Waals surface area contributed by atoms with Gasteiger partial charge in [-0.2, -0.15) is 0 Å². The summed E-state index contributed by atoms with van der Waals surface area (Å²) in [5, 5.41) is 9.84. The molecule has 17 heavy (non-hydrogen) atoms. The third-order valence-electron chi connectivity index (χ3n) is 2.04. The van der Waals surface area contributed by atoms with E-state index in [-0.39, 0.29) is 16.4 Å². The van der Waals surface area contributed by atoms with E-state index >= 15 is 0 Å². The minimum Gasteiger partial charge on any atom is -0.282 e. The molecule has 0 atom stereocenters. The molecule has 6 nitrogen and oxygen atoms in total. The van der Waals surface area contributed by atoms with Crippen LogP contribution in [0.25, 0.3) is 0 Å². The smallest absolute Gasteiger partial charge is 0.271 e. The first kappa shape index (κ1) is 13.7. The summed E-state index contributed by atoms with van der Waals surface area (Å²) in [4.78, 5) is 9.86. The number of sulfonamides is 1. The molecule has 0 bridgehead atoms. The summed E-state index contributed by atoms with van der Waals surface area (Å²) >= 11 is 5.75. The molecule has 94 valence electrons. The van der Waals surface area contributed by atoms with Gasteiger partial charge in [-0.1, -0.05) is 11.6 Å². The van der Waals surface area contributed by atoms with Gasteiger partial charge >= 0.3 is 0 Å². The van der Waals surface area contributed by atoms with E-state index in [1.54, 1.807) is 0 Å². The standard InChI is InChI=1S/C9H11ClN2O4S/c1-6(2)17(15,16)11-9-4-3-7(12(13)14)5-8(9)10/h3-6,11H,1-2H3. The van der Waals surface area contributed by atoms with Crippen molar-refractivity contribution in [2.45, 2.75) is 19.1 Å². The summed E-state index contributed by atoms with van der Waals surface area (Å²) in [5.74, 6) is 0. The highest BCUT2D eigenvalue weighted by Crippen LogP contribution is 2.27. The summed E-state index contributed by atoms with van der Waals surface area (Å²) in [5.41, 5.74) is -0.0616. The van der Waals surface area contributed by atoms with Crippen LogP contribution in [0.15, 0.2) is 18.2 Å². The zero-order valence-electron chi connectivity index (χ0n) is 9.18. The Bertz CT molecular complexity index is 542. The van der Waals surface area contributed by atoms with Gasteiger partial charge in [-0.3, -0.25) is 14.8 Å². The molecule has 0 fully saturated rings. The van der Waals surface area contributed by atoms with Crippen molar-refractivity contribution >= 4 is 33.0 Å². The van der Waals surface area contributed by atoms with Crippen LogP contribution < -0.4 is 4.72 Å². The van der Waals surface area contributed by atoms with Crippen molar-refractivity contribution in [3.8, 4) is 0 Å². The Morgan fingerprint density at radius 3 is 2.41 bits per heavy atom. The Balaban J connectivity index is 3.06. The first-order valence-corrected chi connectivity index (χ1v) is 6.62. The molecule has 0 heterocycles. The molecule has 0 unspecified atom stereocenters. The highest BCUT2D eigenvalue weighted by molar-refractivity contribution is 7.93. The van der Waals surface area contributed by atoms with E-state index in [0.717, 1.165) is 6.07 Å². The number of rotatable bonds is 4. The maximum absolute atomic E-state index is 11.6. The van der Waals surface area contributed by atoms with Gasteiger partial charge in [0.05, 0.1) is 20.9 Å². The molecule has 0 saturated carbocycles. The van der Waals surface area contributed by atoms with E-state index in [2.05, 4.69) is 4.72 Å². The molecule has 0 radical (unpaired) electrons. The van der Waals surface area contributed by atoms with Crippen LogP contribution in [0.5, 0.6) is 0 Å². The number of nitro groups is 1. The Hall–Kier alpha value is -1.34. The van der Waals surface area contributed by atoms with Crippen LogP contribution in [0.4, 0.5) is 11.4 Å². The lowest BCUT2D eigenvalue weighted by atomic mass is 10.3. The topological polar surface area (TPSA) is 89.3 Å². The van der Waals surface area contributed by atoms with Crippen LogP contribution in [-0.2, 0) is 10.0 Å². The Morgan fingerprint density at radius 1 is 1.41 bits per heavy atom. The summed E-state index contributed by atoms with van der Waals surface area (Å²) in [7, 11) is -3.51. The Labute approximate surface area is 104 Å². The molecule has 0 aromatic heterocycles. The van der Waals surface area contributed by atoms with Gasteiger partial charge in [0.2, 0.25) is 10.0 Å². The zero-order valence-corrected chi connectivity index (χ0v) is 10.7. The minimum absolute atomic E-state index is 0.0107. The molecule has 0 spiro atoms. The lowest BCUT2D eigenvalue weighted by Gasteiger charge is -2.11. The second-order valence-corrected chi connectivity index (χ2v) is 6.26. The molecule has 1 rings (SSSR count). The monoisotopic (exact) mass is 278 g/mol. The van der Waals surface area contributed by atoms with Gasteiger partial charge in [0, 0.05) is 12.1 Å². The molecule has 1 aromatic carbocycles. The maximum Gasteiger partial charge on any atom is 0.271 e. The van der Waals surface area contributed by atoms with Crippen molar-refractivity contribution in [3.63, 3.8) is 0 Å². The number of nitrogens with zero attached hydrogens (tertiary/aromatic N) is 1. The third kappa shape index (κ3) is 3.31. The third-order valence-corrected chi connectivity index (χ3v) is 4.09. The van der Waals surface area contributed by atoms with E-state index in [4.69, 9.17) is 11.6 Å². The fourth-order valence-electron chi connectivity index (χ4n) is 0.971. The van der Waals surface area contributed by atoms with Gasteiger partial charge < -0.3 is 0 Å². The lowest BCUT2D eigenvalue weighted by molar-refractivity contribution is -0.384. The average Bonchev–Trinajstić information content (AvgIpc) is 2.20. The molecule has 0 amide bonds. The molecule has 8 heteroatoms. The van der Waals surface area contributed by atoms with Crippen molar-refractivity contribution < 1.29 is 13.3 Å². The fourth-order valence-corrected chi connectivity index (χ4v) is 1.97. The molecule has 1 aromatic rings. The molecule has 0 aliphatic carbocycles. The van der Waals surface area contributed by atoms with E-state index in [1.807, 2.05) is 0 Å². The largest absolute Gasteiger partial charge is 0.282 e.